The molecular formula is C20H21S+. The summed E-state index contributed by atoms with van der Waals surface area (Å²) in [5.74, 6) is 0. The van der Waals surface area contributed by atoms with Crippen LogP contribution in [0.15, 0.2) is 54.6 Å². The summed E-state index contributed by atoms with van der Waals surface area (Å²) in [7, 11) is 0. The van der Waals surface area contributed by atoms with Gasteiger partial charge in [-0.05, 0) is 41.7 Å². The lowest BCUT2D eigenvalue weighted by molar-refractivity contribution is 0.591. The van der Waals surface area contributed by atoms with Crippen LogP contribution in [0.5, 0.6) is 0 Å². The van der Waals surface area contributed by atoms with E-state index in [0.717, 1.165) is 0 Å². The monoisotopic (exact) mass is 293 g/mol. The molecule has 21 heavy (non-hydrogen) atoms. The van der Waals surface area contributed by atoms with Gasteiger partial charge in [-0.1, -0.05) is 45.0 Å². The molecule has 0 atom stereocenters. The Hall–Kier alpha value is -1.73. The fourth-order valence-corrected chi connectivity index (χ4v) is 3.75. The molecule has 3 aromatic rings. The van der Waals surface area contributed by atoms with Crippen molar-refractivity contribution in [3.05, 3.63) is 65.7 Å². The van der Waals surface area contributed by atoms with Crippen LogP contribution in [0.4, 0.5) is 0 Å². The van der Waals surface area contributed by atoms with Crippen LogP contribution >= 0.6 is 11.3 Å². The maximum Gasteiger partial charge on any atom is 0.239 e. The predicted molar refractivity (Wildman–Crippen MR) is 95.1 cm³/mol. The Balaban J connectivity index is 2.18. The zero-order chi connectivity index (χ0) is 15.0. The number of benzene rings is 2. The molecule has 106 valence electrons. The maximum absolute atomic E-state index is 2.36. The zero-order valence-corrected chi connectivity index (χ0v) is 13.9. The lowest BCUT2D eigenvalue weighted by Crippen LogP contribution is -2.10. The van der Waals surface area contributed by atoms with Gasteiger partial charge in [0.15, 0.2) is 0 Å². The molecular weight excluding hydrogens is 272 g/mol. The Morgan fingerprint density at radius 2 is 1.57 bits per heavy atom. The summed E-state index contributed by atoms with van der Waals surface area (Å²) >= 11 is 1.87. The van der Waals surface area contributed by atoms with E-state index in [4.69, 9.17) is 0 Å². The number of aryl methyl sites for hydroxylation is 1. The summed E-state index contributed by atoms with van der Waals surface area (Å²) in [6.07, 6.45) is 0. The summed E-state index contributed by atoms with van der Waals surface area (Å²) in [5, 5.41) is 1.38. The number of hydrogen-bond donors (Lipinski definition) is 0. The molecule has 0 aliphatic heterocycles. The van der Waals surface area contributed by atoms with Crippen molar-refractivity contribution in [2.75, 3.05) is 0 Å². The summed E-state index contributed by atoms with van der Waals surface area (Å²) < 4.78 is 1.36. The van der Waals surface area contributed by atoms with Gasteiger partial charge >= 0.3 is 0 Å². The van der Waals surface area contributed by atoms with Crippen molar-refractivity contribution in [3.8, 4) is 10.4 Å². The van der Waals surface area contributed by atoms with Gasteiger partial charge in [0.25, 0.3) is 0 Å². The van der Waals surface area contributed by atoms with Gasteiger partial charge in [-0.25, -0.2) is 0 Å². The minimum Gasteiger partial charge on any atom is -0.0622 e. The number of rotatable bonds is 1. The smallest absolute Gasteiger partial charge is 0.0622 e. The van der Waals surface area contributed by atoms with Gasteiger partial charge in [-0.15, -0.1) is 0 Å². The molecule has 3 rings (SSSR count). The second kappa shape index (κ2) is 5.23. The second-order valence-electron chi connectivity index (χ2n) is 6.62. The molecule has 0 unspecified atom stereocenters. The highest BCUT2D eigenvalue weighted by Crippen LogP contribution is 2.35. The van der Waals surface area contributed by atoms with E-state index in [2.05, 4.69) is 82.3 Å². The van der Waals surface area contributed by atoms with Gasteiger partial charge in [0.05, 0.1) is 0 Å². The molecule has 0 spiro atoms. The molecule has 1 aromatic heterocycles. The Morgan fingerprint density at radius 3 is 2.24 bits per heavy atom. The molecule has 0 radical (unpaired) electrons. The predicted octanol–water partition coefficient (Wildman–Crippen LogP) is 6.46. The highest BCUT2D eigenvalue weighted by molar-refractivity contribution is 7.21. The molecule has 0 N–H and O–H groups in total. The standard InChI is InChI=1S/C20H21S/c1-14-12-19(15-8-6-5-7-9-15)21-18-11-10-16(13-17(14)18)20(2,3)4/h5-13H,1-4H3/q+1. The average Bonchev–Trinajstić information content (AvgIpc) is 2.47. The van der Waals surface area contributed by atoms with Crippen molar-refractivity contribution in [2.45, 2.75) is 33.1 Å². The minimum absolute atomic E-state index is 0.198. The second-order valence-corrected chi connectivity index (χ2v) is 7.70. The highest BCUT2D eigenvalue weighted by atomic mass is 32.1. The van der Waals surface area contributed by atoms with Crippen LogP contribution in [0.1, 0.15) is 31.9 Å². The normalized spacial score (nSPS) is 11.8. The van der Waals surface area contributed by atoms with Crippen LogP contribution in [0, 0.1) is 6.92 Å². The van der Waals surface area contributed by atoms with Crippen molar-refractivity contribution in [1.29, 1.82) is 0 Å². The van der Waals surface area contributed by atoms with Crippen LogP contribution in [-0.2, 0) is 5.41 Å². The van der Waals surface area contributed by atoms with Crippen LogP contribution in [0.25, 0.3) is 20.5 Å². The fourth-order valence-electron chi connectivity index (χ4n) is 2.56. The topological polar surface area (TPSA) is 0 Å². The van der Waals surface area contributed by atoms with Crippen molar-refractivity contribution in [3.63, 3.8) is 0 Å². The van der Waals surface area contributed by atoms with E-state index in [1.807, 2.05) is 11.3 Å². The molecule has 1 heteroatoms. The van der Waals surface area contributed by atoms with Crippen molar-refractivity contribution in [2.24, 2.45) is 0 Å². The summed E-state index contributed by atoms with van der Waals surface area (Å²) in [5.41, 5.74) is 4.25. The van der Waals surface area contributed by atoms with Crippen molar-refractivity contribution >= 4 is 21.4 Å². The molecule has 0 fully saturated rings. The van der Waals surface area contributed by atoms with Gasteiger partial charge in [0, 0.05) is 23.1 Å². The minimum atomic E-state index is 0.198. The lowest BCUT2D eigenvalue weighted by atomic mass is 9.86. The third kappa shape index (κ3) is 2.84. The summed E-state index contributed by atoms with van der Waals surface area (Å²) in [6, 6.07) is 19.9. The first-order chi connectivity index (χ1) is 9.95. The summed E-state index contributed by atoms with van der Waals surface area (Å²) in [4.78, 5) is 1.34. The number of hydrogen-bond acceptors (Lipinski definition) is 0. The molecule has 0 amide bonds. The molecule has 0 saturated heterocycles. The van der Waals surface area contributed by atoms with Crippen molar-refractivity contribution in [1.82, 2.24) is 0 Å². The fraction of sp³-hybridized carbons (Fsp3) is 0.250. The quantitative estimate of drug-likeness (QED) is 0.452. The first kappa shape index (κ1) is 14.2. The van der Waals surface area contributed by atoms with E-state index in [9.17, 15) is 0 Å². The number of fused-ring (bicyclic) bond motifs is 1. The van der Waals surface area contributed by atoms with Crippen molar-refractivity contribution < 1.29 is 0 Å². The summed E-state index contributed by atoms with van der Waals surface area (Å²) in [6.45, 7) is 9.02. The maximum atomic E-state index is 2.36. The van der Waals surface area contributed by atoms with E-state index < -0.39 is 0 Å². The first-order valence-electron chi connectivity index (χ1n) is 7.38. The van der Waals surface area contributed by atoms with Gasteiger partial charge < -0.3 is 0 Å². The largest absolute Gasteiger partial charge is 0.239 e. The van der Waals surface area contributed by atoms with E-state index in [1.165, 1.54) is 31.7 Å². The van der Waals surface area contributed by atoms with Gasteiger partial charge in [0.2, 0.25) is 20.9 Å². The van der Waals surface area contributed by atoms with Crippen LogP contribution in [0.2, 0.25) is 0 Å². The van der Waals surface area contributed by atoms with Crippen LogP contribution in [-0.4, -0.2) is 0 Å². The van der Waals surface area contributed by atoms with E-state index in [0.29, 0.717) is 0 Å². The first-order valence-corrected chi connectivity index (χ1v) is 8.20. The Labute approximate surface area is 131 Å². The van der Waals surface area contributed by atoms with Gasteiger partial charge in [0.1, 0.15) is 0 Å². The zero-order valence-electron chi connectivity index (χ0n) is 13.1. The Morgan fingerprint density at radius 1 is 0.857 bits per heavy atom. The van der Waals surface area contributed by atoms with Gasteiger partial charge in [-0.2, -0.15) is 0 Å². The molecule has 0 aliphatic rings. The molecule has 1 heterocycles. The van der Waals surface area contributed by atoms with E-state index >= 15 is 0 Å². The molecule has 0 aliphatic carbocycles. The van der Waals surface area contributed by atoms with E-state index in [-0.39, 0.29) is 5.41 Å². The third-order valence-electron chi connectivity index (χ3n) is 3.90. The molecule has 0 saturated carbocycles. The van der Waals surface area contributed by atoms with E-state index in [1.54, 1.807) is 0 Å². The molecule has 0 bridgehead atoms. The average molecular weight is 293 g/mol. The third-order valence-corrected chi connectivity index (χ3v) is 5.05. The lowest BCUT2D eigenvalue weighted by Gasteiger charge is -2.18. The van der Waals surface area contributed by atoms with Gasteiger partial charge in [-0.3, -0.25) is 0 Å². The highest BCUT2D eigenvalue weighted by Gasteiger charge is 2.19. The molecule has 0 nitrogen and oxygen atoms in total. The van der Waals surface area contributed by atoms with Crippen LogP contribution < -0.4 is 0 Å². The Kier molecular flexibility index (Phi) is 3.54. The Bertz CT molecular complexity index is 780. The SMILES string of the molecule is Cc1cc(-c2ccccc2)[s+]c2ccc(C(C)(C)C)cc12. The molecule has 2 aromatic carbocycles. The van der Waals surface area contributed by atoms with Crippen LogP contribution in [0.3, 0.4) is 0 Å².